The van der Waals surface area contributed by atoms with Gasteiger partial charge in [-0.1, -0.05) is 0 Å². The van der Waals surface area contributed by atoms with E-state index in [1.807, 2.05) is 0 Å². The standard InChI is InChI=1S/C25H42N2O22S/c1-7(29)26-13-9(31)3-25(24(39)40,49-21(13)15(33)10(32)4-28)44-5-11-17(35)20(14(22(38)46-11)27-8(2)30)48-23-19(37)18(36)16(34)12(47-23)6-45-50(41,42)43/h9-23,28,31-38H,3-6H2,1-2H3,(H,26,29)(H,27,30)(H,39,40)(H,41,42,43)/t9-,10+,11+,12+,13+,14+,15+,16-,17-,18-,19+,20+,21+,22-,23-,25+/m0/s1. The largest absolute Gasteiger partial charge is 0.477 e. The molecule has 0 aromatic rings. The van der Waals surface area contributed by atoms with Gasteiger partial charge in [0.15, 0.2) is 12.6 Å². The Morgan fingerprint density at radius 1 is 0.880 bits per heavy atom. The monoisotopic (exact) mass is 754 g/mol. The Morgan fingerprint density at radius 3 is 2.00 bits per heavy atom. The van der Waals surface area contributed by atoms with Crippen molar-refractivity contribution in [1.29, 1.82) is 0 Å². The number of nitrogens with one attached hydrogen (secondary N) is 2. The molecule has 3 rings (SSSR count). The number of rotatable bonds is 14. The van der Waals surface area contributed by atoms with Crippen LogP contribution in [-0.2, 0) is 52.7 Å². The van der Waals surface area contributed by atoms with Crippen LogP contribution in [0.1, 0.15) is 20.3 Å². The molecular weight excluding hydrogens is 712 g/mol. The first-order valence-electron chi connectivity index (χ1n) is 14.8. The van der Waals surface area contributed by atoms with Crippen molar-refractivity contribution in [2.45, 2.75) is 118 Å². The summed E-state index contributed by atoms with van der Waals surface area (Å²) in [5.74, 6) is -6.40. The molecule has 290 valence electrons. The highest BCUT2D eigenvalue weighted by Gasteiger charge is 2.57. The second kappa shape index (κ2) is 17.0. The van der Waals surface area contributed by atoms with Crippen molar-refractivity contribution >= 4 is 28.2 Å². The smallest absolute Gasteiger partial charge is 0.397 e. The molecule has 3 aliphatic rings. The number of aliphatic hydroxyl groups excluding tert-OH is 9. The number of carbonyl (C=O) groups is 3. The van der Waals surface area contributed by atoms with E-state index in [9.17, 15) is 73.9 Å². The molecule has 13 N–H and O–H groups in total. The van der Waals surface area contributed by atoms with Crippen LogP contribution in [0.3, 0.4) is 0 Å². The molecule has 50 heavy (non-hydrogen) atoms. The number of aliphatic carboxylic acids is 1. The average Bonchev–Trinajstić information content (AvgIpc) is 3.02. The third-order valence-corrected chi connectivity index (χ3v) is 8.50. The number of carbonyl (C=O) groups excluding carboxylic acids is 2. The molecule has 24 nitrogen and oxygen atoms in total. The Bertz CT molecular complexity index is 1290. The molecule has 3 aliphatic heterocycles. The van der Waals surface area contributed by atoms with E-state index in [0.717, 1.165) is 13.8 Å². The van der Waals surface area contributed by atoms with Crippen molar-refractivity contribution in [2.75, 3.05) is 19.8 Å². The maximum atomic E-state index is 12.5. The van der Waals surface area contributed by atoms with Gasteiger partial charge in [0, 0.05) is 20.3 Å². The Kier molecular flexibility index (Phi) is 14.4. The van der Waals surface area contributed by atoms with Crippen LogP contribution in [0.25, 0.3) is 0 Å². The highest BCUT2D eigenvalue weighted by Crippen LogP contribution is 2.35. The lowest BCUT2D eigenvalue weighted by atomic mass is 9.88. The predicted molar refractivity (Wildman–Crippen MR) is 152 cm³/mol. The Morgan fingerprint density at radius 2 is 1.46 bits per heavy atom. The van der Waals surface area contributed by atoms with Gasteiger partial charge in [0.25, 0.3) is 5.79 Å². The Labute approximate surface area is 283 Å². The number of aliphatic hydroxyl groups is 9. The maximum absolute atomic E-state index is 12.5. The second-order valence-corrected chi connectivity index (χ2v) is 12.9. The van der Waals surface area contributed by atoms with E-state index in [2.05, 4.69) is 14.8 Å². The van der Waals surface area contributed by atoms with Crippen LogP contribution in [-0.4, -0.2) is 199 Å². The van der Waals surface area contributed by atoms with Crippen molar-refractivity contribution in [3.8, 4) is 0 Å². The molecule has 0 bridgehead atoms. The summed E-state index contributed by atoms with van der Waals surface area (Å²) in [6.07, 6.45) is -26.7. The first-order valence-corrected chi connectivity index (χ1v) is 16.2. The molecular formula is C25H42N2O22S. The fourth-order valence-corrected chi connectivity index (χ4v) is 5.90. The van der Waals surface area contributed by atoms with Gasteiger partial charge in [0.1, 0.15) is 67.1 Å². The van der Waals surface area contributed by atoms with Gasteiger partial charge in [-0.25, -0.2) is 8.98 Å². The number of carboxylic acids is 1. The quantitative estimate of drug-likeness (QED) is 0.0732. The highest BCUT2D eigenvalue weighted by atomic mass is 32.3. The summed E-state index contributed by atoms with van der Waals surface area (Å²) >= 11 is 0. The maximum Gasteiger partial charge on any atom is 0.397 e. The Hall–Kier alpha value is -2.28. The van der Waals surface area contributed by atoms with Crippen molar-refractivity contribution in [3.05, 3.63) is 0 Å². The lowest BCUT2D eigenvalue weighted by Crippen LogP contribution is -2.69. The summed E-state index contributed by atoms with van der Waals surface area (Å²) in [5.41, 5.74) is 0. The average molecular weight is 755 g/mol. The number of hydrogen-bond acceptors (Lipinski definition) is 20. The van der Waals surface area contributed by atoms with E-state index < -0.39 is 152 Å². The van der Waals surface area contributed by atoms with Gasteiger partial charge in [-0.3, -0.25) is 14.1 Å². The van der Waals surface area contributed by atoms with Crippen LogP contribution in [0.15, 0.2) is 0 Å². The molecule has 16 atom stereocenters. The summed E-state index contributed by atoms with van der Waals surface area (Å²) < 4.78 is 62.2. The zero-order valence-corrected chi connectivity index (χ0v) is 27.1. The van der Waals surface area contributed by atoms with Gasteiger partial charge in [-0.15, -0.1) is 0 Å². The Balaban J connectivity index is 1.88. The van der Waals surface area contributed by atoms with Crippen molar-refractivity contribution in [2.24, 2.45) is 0 Å². The minimum Gasteiger partial charge on any atom is -0.477 e. The van der Waals surface area contributed by atoms with E-state index in [1.165, 1.54) is 0 Å². The van der Waals surface area contributed by atoms with Crippen molar-refractivity contribution < 1.29 is 106 Å². The summed E-state index contributed by atoms with van der Waals surface area (Å²) in [5, 5.41) is 108. The molecule has 3 heterocycles. The lowest BCUT2D eigenvalue weighted by molar-refractivity contribution is -0.351. The van der Waals surface area contributed by atoms with E-state index >= 15 is 0 Å². The van der Waals surface area contributed by atoms with Gasteiger partial charge in [-0.05, 0) is 0 Å². The first kappa shape index (κ1) is 42.1. The van der Waals surface area contributed by atoms with Gasteiger partial charge < -0.3 is 85.4 Å². The number of amides is 2. The zero-order chi connectivity index (χ0) is 37.9. The van der Waals surface area contributed by atoms with Crippen LogP contribution in [0.5, 0.6) is 0 Å². The third kappa shape index (κ3) is 9.98. The fourth-order valence-electron chi connectivity index (χ4n) is 5.59. The number of ether oxygens (including phenoxy) is 5. The van der Waals surface area contributed by atoms with Gasteiger partial charge >= 0.3 is 16.4 Å². The van der Waals surface area contributed by atoms with Crippen molar-refractivity contribution in [3.63, 3.8) is 0 Å². The van der Waals surface area contributed by atoms with Gasteiger partial charge in [0.2, 0.25) is 11.8 Å². The highest BCUT2D eigenvalue weighted by molar-refractivity contribution is 7.80. The van der Waals surface area contributed by atoms with E-state index in [0.29, 0.717) is 0 Å². The molecule has 2 amide bonds. The second-order valence-electron chi connectivity index (χ2n) is 11.8. The van der Waals surface area contributed by atoms with Gasteiger partial charge in [0.05, 0.1) is 32.0 Å². The minimum atomic E-state index is -5.07. The molecule has 3 saturated heterocycles. The molecule has 0 saturated carbocycles. The van der Waals surface area contributed by atoms with E-state index in [-0.39, 0.29) is 0 Å². The first-order chi connectivity index (χ1) is 23.1. The van der Waals surface area contributed by atoms with Crippen LogP contribution in [0, 0.1) is 0 Å². The topological polar surface area (TPSA) is 387 Å². The zero-order valence-electron chi connectivity index (χ0n) is 26.3. The summed E-state index contributed by atoms with van der Waals surface area (Å²) in [6, 6.07) is -3.22. The summed E-state index contributed by atoms with van der Waals surface area (Å²) in [4.78, 5) is 36.2. The predicted octanol–water partition coefficient (Wildman–Crippen LogP) is -8.25. The van der Waals surface area contributed by atoms with Crippen molar-refractivity contribution in [1.82, 2.24) is 10.6 Å². The molecule has 0 spiro atoms. The summed E-state index contributed by atoms with van der Waals surface area (Å²) in [6.45, 7) is -1.17. The minimum absolute atomic E-state index is 0.754. The molecule has 0 aromatic carbocycles. The summed E-state index contributed by atoms with van der Waals surface area (Å²) in [7, 11) is -5.07. The van der Waals surface area contributed by atoms with Crippen LogP contribution in [0.2, 0.25) is 0 Å². The van der Waals surface area contributed by atoms with E-state index in [1.54, 1.807) is 0 Å². The number of carboxylic acid groups (broad SMARTS) is 1. The molecule has 25 heteroatoms. The molecule has 0 aromatic heterocycles. The molecule has 0 aliphatic carbocycles. The fraction of sp³-hybridized carbons (Fsp3) is 0.880. The molecule has 0 radical (unpaired) electrons. The molecule has 0 unspecified atom stereocenters. The van der Waals surface area contributed by atoms with E-state index in [4.69, 9.17) is 28.2 Å². The van der Waals surface area contributed by atoms with Crippen LogP contribution < -0.4 is 10.6 Å². The van der Waals surface area contributed by atoms with Crippen LogP contribution in [0.4, 0.5) is 0 Å². The van der Waals surface area contributed by atoms with Gasteiger partial charge in [-0.2, -0.15) is 8.42 Å². The third-order valence-electron chi connectivity index (χ3n) is 8.07. The SMILES string of the molecule is CC(=O)N[C@@H]1[C@@H](O[C@@H]2O[C@H](COS(=O)(=O)O)[C@H](O)[C@H](O)[C@H]2O)[C@@H](O)[C@@H](CO[C@]2(C(=O)O)C[C@H](O)[C@@H](NC(C)=O)[C@H]([C@H](O)[C@H](O)CO)O2)O[C@@H]1O. The molecule has 3 fully saturated rings. The van der Waals surface area contributed by atoms with Crippen LogP contribution >= 0.6 is 0 Å². The normalized spacial score (nSPS) is 40.8. The number of hydrogen-bond donors (Lipinski definition) is 13. The lowest BCUT2D eigenvalue weighted by Gasteiger charge is -2.48.